The lowest BCUT2D eigenvalue weighted by Crippen LogP contribution is -2.47. The molecule has 2 heterocycles. The smallest absolute Gasteiger partial charge is 0.410 e. The first kappa shape index (κ1) is 21.4. The number of likely N-dealkylation sites (tertiary alicyclic amines) is 2. The van der Waals surface area contributed by atoms with Crippen LogP contribution in [0.3, 0.4) is 0 Å². The minimum atomic E-state index is -1.03. The Hall–Kier alpha value is -2.31. The minimum Gasteiger partial charge on any atom is -0.445 e. The fourth-order valence-electron chi connectivity index (χ4n) is 4.07. The summed E-state index contributed by atoms with van der Waals surface area (Å²) in [6.07, 6.45) is -0.0313. The van der Waals surface area contributed by atoms with Crippen molar-refractivity contribution in [3.63, 3.8) is 0 Å². The van der Waals surface area contributed by atoms with Gasteiger partial charge in [-0.1, -0.05) is 30.3 Å². The molecule has 0 radical (unpaired) electrons. The fourth-order valence-corrected chi connectivity index (χ4v) is 4.07. The van der Waals surface area contributed by atoms with Crippen LogP contribution in [-0.4, -0.2) is 59.4 Å². The predicted octanol–water partition coefficient (Wildman–Crippen LogP) is 4.38. The summed E-state index contributed by atoms with van der Waals surface area (Å²) in [7, 11) is 0. The van der Waals surface area contributed by atoms with E-state index < -0.39 is 17.9 Å². The Bertz CT molecular complexity index is 699. The number of piperidine rings is 1. The van der Waals surface area contributed by atoms with Gasteiger partial charge in [-0.2, -0.15) is 0 Å². The molecule has 0 aromatic heterocycles. The third-order valence-corrected chi connectivity index (χ3v) is 5.47. The molecule has 29 heavy (non-hydrogen) atoms. The number of carbonyl (C=O) groups is 2. The summed E-state index contributed by atoms with van der Waals surface area (Å²) in [5.41, 5.74) is 0.339. The molecular formula is C22H31FN2O4. The Morgan fingerprint density at radius 2 is 1.76 bits per heavy atom. The summed E-state index contributed by atoms with van der Waals surface area (Å²) in [5.74, 6) is 0.154. The van der Waals surface area contributed by atoms with E-state index in [1.807, 2.05) is 51.1 Å². The number of hydrogen-bond donors (Lipinski definition) is 0. The summed E-state index contributed by atoms with van der Waals surface area (Å²) in [5, 5.41) is 0. The molecule has 2 amide bonds. The largest absolute Gasteiger partial charge is 0.445 e. The van der Waals surface area contributed by atoms with E-state index in [4.69, 9.17) is 9.47 Å². The standard InChI is InChI=1S/C22H31FN2O4/c1-22(2,3)29-21(27)25-14-18(23)13-19(25)17-9-11-24(12-10-17)20(26)28-15-16-7-5-4-6-8-16/h4-8,17-19H,9-15H2,1-3H3/t18-,19-/m0/s1. The molecular weight excluding hydrogens is 375 g/mol. The highest BCUT2D eigenvalue weighted by molar-refractivity contribution is 5.69. The number of carbonyl (C=O) groups excluding carboxylic acids is 2. The maximum Gasteiger partial charge on any atom is 0.410 e. The van der Waals surface area contributed by atoms with Crippen molar-refractivity contribution in [2.45, 2.75) is 64.5 Å². The van der Waals surface area contributed by atoms with Gasteiger partial charge in [-0.25, -0.2) is 14.0 Å². The van der Waals surface area contributed by atoms with Crippen LogP contribution in [0.25, 0.3) is 0 Å². The number of rotatable bonds is 3. The first-order valence-electron chi connectivity index (χ1n) is 10.3. The second-order valence-corrected chi connectivity index (χ2v) is 8.90. The van der Waals surface area contributed by atoms with E-state index in [-0.39, 0.29) is 31.2 Å². The molecule has 3 rings (SSSR count). The third-order valence-electron chi connectivity index (χ3n) is 5.47. The normalized spacial score (nSPS) is 23.2. The van der Waals surface area contributed by atoms with E-state index in [2.05, 4.69) is 0 Å². The molecule has 2 aliphatic heterocycles. The monoisotopic (exact) mass is 406 g/mol. The van der Waals surface area contributed by atoms with Gasteiger partial charge in [0.15, 0.2) is 0 Å². The molecule has 6 nitrogen and oxygen atoms in total. The van der Waals surface area contributed by atoms with Crippen molar-refractivity contribution in [3.8, 4) is 0 Å². The predicted molar refractivity (Wildman–Crippen MR) is 107 cm³/mol. The zero-order chi connectivity index (χ0) is 21.0. The van der Waals surface area contributed by atoms with Gasteiger partial charge < -0.3 is 19.3 Å². The van der Waals surface area contributed by atoms with Gasteiger partial charge in [0.1, 0.15) is 18.4 Å². The van der Waals surface area contributed by atoms with Crippen molar-refractivity contribution in [1.82, 2.24) is 9.80 Å². The van der Waals surface area contributed by atoms with Gasteiger partial charge in [0.2, 0.25) is 0 Å². The van der Waals surface area contributed by atoms with E-state index in [9.17, 15) is 14.0 Å². The van der Waals surface area contributed by atoms with Crippen LogP contribution in [0.2, 0.25) is 0 Å². The zero-order valence-electron chi connectivity index (χ0n) is 17.5. The second-order valence-electron chi connectivity index (χ2n) is 8.90. The van der Waals surface area contributed by atoms with Crippen LogP contribution in [0, 0.1) is 5.92 Å². The quantitative estimate of drug-likeness (QED) is 0.747. The molecule has 2 saturated heterocycles. The van der Waals surface area contributed by atoms with Gasteiger partial charge in [0.25, 0.3) is 0 Å². The molecule has 160 valence electrons. The summed E-state index contributed by atoms with van der Waals surface area (Å²) in [4.78, 5) is 28.1. The lowest BCUT2D eigenvalue weighted by Gasteiger charge is -2.37. The maximum atomic E-state index is 14.1. The van der Waals surface area contributed by atoms with E-state index >= 15 is 0 Å². The summed E-state index contributed by atoms with van der Waals surface area (Å²) >= 11 is 0. The van der Waals surface area contributed by atoms with Crippen molar-refractivity contribution in [2.24, 2.45) is 5.92 Å². The molecule has 0 unspecified atom stereocenters. The number of amides is 2. The van der Waals surface area contributed by atoms with Crippen molar-refractivity contribution < 1.29 is 23.5 Å². The van der Waals surface area contributed by atoms with Crippen LogP contribution >= 0.6 is 0 Å². The number of nitrogens with zero attached hydrogens (tertiary/aromatic N) is 2. The van der Waals surface area contributed by atoms with Crippen molar-refractivity contribution in [2.75, 3.05) is 19.6 Å². The number of alkyl halides is 1. The molecule has 0 aliphatic carbocycles. The topological polar surface area (TPSA) is 59.1 Å². The van der Waals surface area contributed by atoms with E-state index in [1.165, 1.54) is 0 Å². The first-order chi connectivity index (χ1) is 13.7. The highest BCUT2D eigenvalue weighted by atomic mass is 19.1. The van der Waals surface area contributed by atoms with Gasteiger partial charge in [0.05, 0.1) is 6.54 Å². The third kappa shape index (κ3) is 5.84. The van der Waals surface area contributed by atoms with Gasteiger partial charge in [-0.15, -0.1) is 0 Å². The molecule has 0 bridgehead atoms. The Morgan fingerprint density at radius 3 is 2.38 bits per heavy atom. The number of benzene rings is 1. The number of ether oxygens (including phenoxy) is 2. The highest BCUT2D eigenvalue weighted by Gasteiger charge is 2.42. The van der Waals surface area contributed by atoms with Crippen LogP contribution in [0.15, 0.2) is 30.3 Å². The SMILES string of the molecule is CC(C)(C)OC(=O)N1C[C@@H](F)C[C@H]1C1CCN(C(=O)OCc2ccccc2)CC1. The Balaban J connectivity index is 1.51. The molecule has 1 aromatic rings. The molecule has 0 saturated carbocycles. The van der Waals surface area contributed by atoms with Crippen molar-refractivity contribution >= 4 is 12.2 Å². The average molecular weight is 406 g/mol. The number of halogens is 1. The summed E-state index contributed by atoms with van der Waals surface area (Å²) in [6.45, 7) is 6.85. The van der Waals surface area contributed by atoms with Crippen molar-refractivity contribution in [1.29, 1.82) is 0 Å². The summed E-state index contributed by atoms with van der Waals surface area (Å²) in [6, 6.07) is 9.38. The van der Waals surface area contributed by atoms with Gasteiger partial charge >= 0.3 is 12.2 Å². The number of hydrogen-bond acceptors (Lipinski definition) is 4. The molecule has 2 atom stereocenters. The molecule has 1 aromatic carbocycles. The van der Waals surface area contributed by atoms with Crippen LogP contribution in [-0.2, 0) is 16.1 Å². The van der Waals surface area contributed by atoms with E-state index in [0.29, 0.717) is 19.5 Å². The molecule has 7 heteroatoms. The molecule has 2 aliphatic rings. The maximum absolute atomic E-state index is 14.1. The Labute approximate surface area is 171 Å². The van der Waals surface area contributed by atoms with Crippen LogP contribution in [0.4, 0.5) is 14.0 Å². The average Bonchev–Trinajstić information content (AvgIpc) is 3.08. The summed E-state index contributed by atoms with van der Waals surface area (Å²) < 4.78 is 25.0. The van der Waals surface area contributed by atoms with E-state index in [1.54, 1.807) is 9.80 Å². The lowest BCUT2D eigenvalue weighted by atomic mass is 9.88. The van der Waals surface area contributed by atoms with Crippen LogP contribution in [0.1, 0.15) is 45.6 Å². The van der Waals surface area contributed by atoms with E-state index in [0.717, 1.165) is 18.4 Å². The molecule has 0 N–H and O–H groups in total. The zero-order valence-corrected chi connectivity index (χ0v) is 17.5. The van der Waals surface area contributed by atoms with Gasteiger partial charge in [0, 0.05) is 25.6 Å². The lowest BCUT2D eigenvalue weighted by molar-refractivity contribution is 0.0122. The fraction of sp³-hybridized carbons (Fsp3) is 0.636. The Kier molecular flexibility index (Phi) is 6.65. The highest BCUT2D eigenvalue weighted by Crippen LogP contribution is 2.33. The van der Waals surface area contributed by atoms with Gasteiger partial charge in [-0.05, 0) is 45.1 Å². The van der Waals surface area contributed by atoms with Gasteiger partial charge in [-0.3, -0.25) is 0 Å². The van der Waals surface area contributed by atoms with Crippen LogP contribution in [0.5, 0.6) is 0 Å². The van der Waals surface area contributed by atoms with Crippen molar-refractivity contribution in [3.05, 3.63) is 35.9 Å². The first-order valence-corrected chi connectivity index (χ1v) is 10.3. The van der Waals surface area contributed by atoms with Crippen LogP contribution < -0.4 is 0 Å². The Morgan fingerprint density at radius 1 is 1.10 bits per heavy atom. The molecule has 2 fully saturated rings. The second kappa shape index (κ2) is 9.01. The molecule has 0 spiro atoms. The minimum absolute atomic E-state index is 0.0823.